The first kappa shape index (κ1) is 40.1. The zero-order valence-electron chi connectivity index (χ0n) is 6.84. The van der Waals surface area contributed by atoms with Crippen LogP contribution in [0.5, 0.6) is 0 Å². The maximum atomic E-state index is 8.89. The van der Waals surface area contributed by atoms with Crippen LogP contribution in [-0.4, -0.2) is 66.1 Å². The van der Waals surface area contributed by atoms with Gasteiger partial charge in [0.2, 0.25) is 0 Å². The summed E-state index contributed by atoms with van der Waals surface area (Å²) in [6.45, 7) is 1.94. The molecular formula is C4H12CaO7. The molecule has 0 unspecified atom stereocenters. The third kappa shape index (κ3) is 131000. The molecule has 6 N–H and O–H groups in total. The van der Waals surface area contributed by atoms with E-state index in [-0.39, 0.29) is 54.2 Å². The van der Waals surface area contributed by atoms with Crippen molar-refractivity contribution in [2.45, 2.75) is 13.8 Å². The van der Waals surface area contributed by atoms with Gasteiger partial charge < -0.3 is 36.2 Å². The minimum absolute atomic E-state index is 0. The SMILES string of the molecule is CC(=O)[O-].CC(=O)[O-].O.O.O.[Ca+2]. The van der Waals surface area contributed by atoms with Crippen LogP contribution in [-0.2, 0) is 9.59 Å². The van der Waals surface area contributed by atoms with E-state index in [2.05, 4.69) is 0 Å². The Kier molecular flexibility index (Phi) is 102. The number of carboxylic acids is 2. The fourth-order valence-electron chi connectivity index (χ4n) is 0. The van der Waals surface area contributed by atoms with Crippen LogP contribution < -0.4 is 10.2 Å². The summed E-state index contributed by atoms with van der Waals surface area (Å²) in [6.07, 6.45) is 0. The Labute approximate surface area is 99.3 Å². The molecule has 72 valence electrons. The van der Waals surface area contributed by atoms with E-state index in [4.69, 9.17) is 19.8 Å². The second-order valence-corrected chi connectivity index (χ2v) is 0.983. The molecule has 0 bridgehead atoms. The van der Waals surface area contributed by atoms with Crippen LogP contribution >= 0.6 is 0 Å². The fraction of sp³-hybridized carbons (Fsp3) is 0.500. The second-order valence-electron chi connectivity index (χ2n) is 0.983. The first-order chi connectivity index (χ1) is 3.46. The number of rotatable bonds is 0. The smallest absolute Gasteiger partial charge is 0.550 e. The van der Waals surface area contributed by atoms with E-state index in [1.54, 1.807) is 0 Å². The van der Waals surface area contributed by atoms with Gasteiger partial charge in [0.25, 0.3) is 0 Å². The molecular weight excluding hydrogens is 200 g/mol. The van der Waals surface area contributed by atoms with Gasteiger partial charge in [-0.15, -0.1) is 0 Å². The van der Waals surface area contributed by atoms with Gasteiger partial charge in [-0.05, 0) is 13.8 Å². The molecule has 0 saturated heterocycles. The molecule has 12 heavy (non-hydrogen) atoms. The van der Waals surface area contributed by atoms with E-state index >= 15 is 0 Å². The predicted molar refractivity (Wildman–Crippen MR) is 38.0 cm³/mol. The van der Waals surface area contributed by atoms with Crippen LogP contribution in [0.25, 0.3) is 0 Å². The zero-order chi connectivity index (χ0) is 7.15. The first-order valence-corrected chi connectivity index (χ1v) is 1.82. The number of aliphatic carboxylic acids is 2. The molecule has 0 radical (unpaired) electrons. The molecule has 0 amide bonds. The van der Waals surface area contributed by atoms with Crippen molar-refractivity contribution in [3.63, 3.8) is 0 Å². The summed E-state index contributed by atoms with van der Waals surface area (Å²) in [5.74, 6) is -2.17. The summed E-state index contributed by atoms with van der Waals surface area (Å²) >= 11 is 0. The zero-order valence-corrected chi connectivity index (χ0v) is 9.05. The van der Waals surface area contributed by atoms with Crippen molar-refractivity contribution in [2.75, 3.05) is 0 Å². The minimum atomic E-state index is -1.08. The Hall–Kier alpha value is 0.0797. The molecule has 7 nitrogen and oxygen atoms in total. The standard InChI is InChI=1S/2C2H4O2.Ca.3H2O/c2*1-2(3)4;;;;/h2*1H3,(H,3,4);;3*1H2/q;;+2;;;/p-2. The monoisotopic (exact) mass is 212 g/mol. The van der Waals surface area contributed by atoms with Gasteiger partial charge in [0.15, 0.2) is 0 Å². The number of hydrogen-bond acceptors (Lipinski definition) is 4. The third-order valence-electron chi connectivity index (χ3n) is 0. The van der Waals surface area contributed by atoms with Crippen LogP contribution in [0, 0.1) is 0 Å². The normalized spacial score (nSPS) is 4.17. The van der Waals surface area contributed by atoms with Crippen molar-refractivity contribution in [2.24, 2.45) is 0 Å². The largest absolute Gasteiger partial charge is 2.00 e. The molecule has 8 heteroatoms. The summed E-state index contributed by atoms with van der Waals surface area (Å²) in [4.78, 5) is 17.8. The first-order valence-electron chi connectivity index (χ1n) is 1.82. The van der Waals surface area contributed by atoms with Gasteiger partial charge >= 0.3 is 37.7 Å². The van der Waals surface area contributed by atoms with Crippen LogP contribution in [0.4, 0.5) is 0 Å². The van der Waals surface area contributed by atoms with Gasteiger partial charge in [-0.1, -0.05) is 0 Å². The molecule has 0 atom stereocenters. The molecule has 0 spiro atoms. The molecule has 0 aliphatic carbocycles. The number of carbonyl (C=O) groups is 2. The Bertz CT molecular complexity index is 73.4. The number of hydrogen-bond donors (Lipinski definition) is 0. The third-order valence-corrected chi connectivity index (χ3v) is 0. The molecule has 0 rings (SSSR count). The van der Waals surface area contributed by atoms with Crippen LogP contribution in [0.3, 0.4) is 0 Å². The van der Waals surface area contributed by atoms with Crippen LogP contribution in [0.15, 0.2) is 0 Å². The van der Waals surface area contributed by atoms with E-state index in [0.29, 0.717) is 0 Å². The van der Waals surface area contributed by atoms with Crippen LogP contribution in [0.2, 0.25) is 0 Å². The van der Waals surface area contributed by atoms with Crippen molar-refractivity contribution in [3.8, 4) is 0 Å². The van der Waals surface area contributed by atoms with Crippen molar-refractivity contribution >= 4 is 49.7 Å². The van der Waals surface area contributed by atoms with Crippen molar-refractivity contribution < 1.29 is 36.2 Å². The van der Waals surface area contributed by atoms with E-state index in [1.165, 1.54) is 0 Å². The van der Waals surface area contributed by atoms with Crippen molar-refractivity contribution in [3.05, 3.63) is 0 Å². The maximum Gasteiger partial charge on any atom is 2.00 e. The van der Waals surface area contributed by atoms with E-state index < -0.39 is 11.9 Å². The molecule has 0 aliphatic heterocycles. The second kappa shape index (κ2) is 30.5. The van der Waals surface area contributed by atoms with Gasteiger partial charge in [-0.2, -0.15) is 0 Å². The molecule has 0 fully saturated rings. The molecule has 0 saturated carbocycles. The Balaban J connectivity index is -0.0000000112. The number of carbonyl (C=O) groups excluding carboxylic acids is 2. The van der Waals surface area contributed by atoms with E-state index in [1.807, 2.05) is 0 Å². The summed E-state index contributed by atoms with van der Waals surface area (Å²) < 4.78 is 0. The van der Waals surface area contributed by atoms with Gasteiger partial charge in [0, 0.05) is 11.9 Å². The molecule has 0 aromatic carbocycles. The van der Waals surface area contributed by atoms with Gasteiger partial charge in [0.05, 0.1) is 0 Å². The summed E-state index contributed by atoms with van der Waals surface area (Å²) in [7, 11) is 0. The number of carboxylic acid groups (broad SMARTS) is 2. The predicted octanol–water partition coefficient (Wildman–Crippen LogP) is -5.34. The van der Waals surface area contributed by atoms with Gasteiger partial charge in [-0.3, -0.25) is 0 Å². The molecule has 0 heterocycles. The molecule has 0 aromatic heterocycles. The topological polar surface area (TPSA) is 175 Å². The van der Waals surface area contributed by atoms with Gasteiger partial charge in [-0.25, -0.2) is 0 Å². The minimum Gasteiger partial charge on any atom is -0.550 e. The average Bonchev–Trinajstić information content (AvgIpc) is 1.25. The van der Waals surface area contributed by atoms with Crippen molar-refractivity contribution in [1.82, 2.24) is 0 Å². The van der Waals surface area contributed by atoms with E-state index in [9.17, 15) is 0 Å². The summed E-state index contributed by atoms with van der Waals surface area (Å²) in [6, 6.07) is 0. The van der Waals surface area contributed by atoms with E-state index in [0.717, 1.165) is 13.8 Å². The maximum absolute atomic E-state index is 8.89. The molecule has 0 aliphatic rings. The van der Waals surface area contributed by atoms with Crippen LogP contribution in [0.1, 0.15) is 13.8 Å². The Morgan fingerprint density at radius 3 is 0.833 bits per heavy atom. The van der Waals surface area contributed by atoms with Gasteiger partial charge in [0.1, 0.15) is 0 Å². The summed E-state index contributed by atoms with van der Waals surface area (Å²) in [5, 5.41) is 17.8. The molecule has 0 aromatic rings. The van der Waals surface area contributed by atoms with Crippen molar-refractivity contribution in [1.29, 1.82) is 0 Å². The quantitative estimate of drug-likeness (QED) is 0.364. The average molecular weight is 212 g/mol. The Morgan fingerprint density at radius 2 is 0.833 bits per heavy atom. The Morgan fingerprint density at radius 1 is 0.833 bits per heavy atom. The summed E-state index contributed by atoms with van der Waals surface area (Å²) in [5.41, 5.74) is 0. The fourth-order valence-corrected chi connectivity index (χ4v) is 0.